The summed E-state index contributed by atoms with van der Waals surface area (Å²) in [6.45, 7) is 2.60. The fourth-order valence-corrected chi connectivity index (χ4v) is 3.84. The van der Waals surface area contributed by atoms with Crippen molar-refractivity contribution in [2.45, 2.75) is 37.5 Å². The molecule has 2 heterocycles. The molecule has 124 valence electrons. The third-order valence-corrected chi connectivity index (χ3v) is 5.40. The first kappa shape index (κ1) is 15.4. The predicted molar refractivity (Wildman–Crippen MR) is 85.1 cm³/mol. The van der Waals surface area contributed by atoms with Gasteiger partial charge in [-0.3, -0.25) is 9.69 Å². The summed E-state index contributed by atoms with van der Waals surface area (Å²) in [5.41, 5.74) is 0.397. The lowest BCUT2D eigenvalue weighted by Crippen LogP contribution is -2.47. The number of carbonyl (C=O) groups excluding carboxylic acids is 1. The largest absolute Gasteiger partial charge is 0.375 e. The zero-order valence-electron chi connectivity index (χ0n) is 12.8. The van der Waals surface area contributed by atoms with Crippen molar-refractivity contribution in [2.24, 2.45) is 5.92 Å². The van der Waals surface area contributed by atoms with E-state index in [0.717, 1.165) is 32.0 Å². The molecule has 4 nitrogen and oxygen atoms in total. The fourth-order valence-electron chi connectivity index (χ4n) is 3.66. The first-order valence-corrected chi connectivity index (χ1v) is 8.59. The summed E-state index contributed by atoms with van der Waals surface area (Å²) in [6.07, 6.45) is 3.85. The van der Waals surface area contributed by atoms with Crippen molar-refractivity contribution < 1.29 is 13.9 Å². The minimum Gasteiger partial charge on any atom is -0.375 e. The van der Waals surface area contributed by atoms with Crippen molar-refractivity contribution in [3.63, 3.8) is 0 Å². The Morgan fingerprint density at radius 1 is 1.35 bits per heavy atom. The number of benzene rings is 1. The SMILES string of the molecule is O=C(N[C@H]1C[C@H]2CO[C@@H](C3CC3)CN2C1)c1ccc(F)c(Cl)c1. The van der Waals surface area contributed by atoms with E-state index in [9.17, 15) is 9.18 Å². The Labute approximate surface area is 139 Å². The zero-order valence-corrected chi connectivity index (χ0v) is 13.6. The Morgan fingerprint density at radius 2 is 2.17 bits per heavy atom. The second-order valence-electron chi connectivity index (χ2n) is 6.85. The van der Waals surface area contributed by atoms with Gasteiger partial charge in [-0.1, -0.05) is 11.6 Å². The molecule has 1 amide bonds. The number of fused-ring (bicyclic) bond motifs is 1. The molecular formula is C17H20ClFN2O2. The van der Waals surface area contributed by atoms with E-state index in [-0.39, 0.29) is 17.0 Å². The number of ether oxygens (including phenoxy) is 1. The van der Waals surface area contributed by atoms with E-state index >= 15 is 0 Å². The molecule has 3 atom stereocenters. The number of hydrogen-bond donors (Lipinski definition) is 1. The summed E-state index contributed by atoms with van der Waals surface area (Å²) in [5, 5.41) is 3.01. The maximum atomic E-state index is 13.2. The Bertz CT molecular complexity index is 623. The fraction of sp³-hybridized carbons (Fsp3) is 0.588. The highest BCUT2D eigenvalue weighted by molar-refractivity contribution is 6.31. The number of rotatable bonds is 3. The molecule has 0 bridgehead atoms. The van der Waals surface area contributed by atoms with E-state index in [0.29, 0.717) is 17.7 Å². The molecule has 0 radical (unpaired) electrons. The van der Waals surface area contributed by atoms with Gasteiger partial charge < -0.3 is 10.1 Å². The Hall–Kier alpha value is -1.17. The predicted octanol–water partition coefficient (Wildman–Crippen LogP) is 2.46. The molecule has 1 aromatic carbocycles. The van der Waals surface area contributed by atoms with Crippen molar-refractivity contribution in [1.29, 1.82) is 0 Å². The third-order valence-electron chi connectivity index (χ3n) is 5.11. The Kier molecular flexibility index (Phi) is 4.03. The van der Waals surface area contributed by atoms with Crippen molar-refractivity contribution in [3.8, 4) is 0 Å². The van der Waals surface area contributed by atoms with Crippen LogP contribution in [0.2, 0.25) is 5.02 Å². The van der Waals surface area contributed by atoms with Gasteiger partial charge in [0, 0.05) is 30.7 Å². The number of amides is 1. The van der Waals surface area contributed by atoms with Gasteiger partial charge >= 0.3 is 0 Å². The minimum atomic E-state index is -0.510. The Morgan fingerprint density at radius 3 is 2.91 bits per heavy atom. The van der Waals surface area contributed by atoms with Crippen molar-refractivity contribution in [1.82, 2.24) is 10.2 Å². The number of morpholine rings is 1. The molecule has 0 unspecified atom stereocenters. The lowest BCUT2D eigenvalue weighted by molar-refractivity contribution is -0.0581. The van der Waals surface area contributed by atoms with E-state index in [2.05, 4.69) is 10.2 Å². The first-order chi connectivity index (χ1) is 11.1. The van der Waals surface area contributed by atoms with Crippen LogP contribution < -0.4 is 5.32 Å². The average Bonchev–Trinajstić information content (AvgIpc) is 3.30. The molecule has 2 saturated heterocycles. The second kappa shape index (κ2) is 6.04. The van der Waals surface area contributed by atoms with Crippen LogP contribution in [-0.4, -0.2) is 48.7 Å². The quantitative estimate of drug-likeness (QED) is 0.920. The van der Waals surface area contributed by atoms with Crippen LogP contribution in [0.4, 0.5) is 4.39 Å². The molecule has 2 aliphatic heterocycles. The molecule has 23 heavy (non-hydrogen) atoms. The van der Waals surface area contributed by atoms with Crippen LogP contribution in [0.5, 0.6) is 0 Å². The number of carbonyl (C=O) groups is 1. The monoisotopic (exact) mass is 338 g/mol. The molecule has 1 aliphatic carbocycles. The minimum absolute atomic E-state index is 0.0258. The number of halogens is 2. The smallest absolute Gasteiger partial charge is 0.251 e. The molecule has 1 N–H and O–H groups in total. The highest BCUT2D eigenvalue weighted by atomic mass is 35.5. The summed E-state index contributed by atoms with van der Waals surface area (Å²) in [6, 6.07) is 4.57. The van der Waals surface area contributed by atoms with E-state index in [4.69, 9.17) is 16.3 Å². The highest BCUT2D eigenvalue weighted by Gasteiger charge is 2.42. The van der Waals surface area contributed by atoms with Gasteiger partial charge in [0.2, 0.25) is 0 Å². The van der Waals surface area contributed by atoms with Gasteiger partial charge in [0.1, 0.15) is 5.82 Å². The second-order valence-corrected chi connectivity index (χ2v) is 7.26. The van der Waals surface area contributed by atoms with Gasteiger partial charge in [-0.25, -0.2) is 4.39 Å². The van der Waals surface area contributed by atoms with Crippen LogP contribution in [0.25, 0.3) is 0 Å². The molecule has 3 fully saturated rings. The van der Waals surface area contributed by atoms with Crippen LogP contribution in [0.3, 0.4) is 0 Å². The topological polar surface area (TPSA) is 41.6 Å². The number of hydrogen-bond acceptors (Lipinski definition) is 3. The molecule has 1 aromatic rings. The van der Waals surface area contributed by atoms with E-state index < -0.39 is 5.82 Å². The third kappa shape index (κ3) is 3.23. The maximum absolute atomic E-state index is 13.2. The molecule has 4 rings (SSSR count). The number of nitrogens with one attached hydrogen (secondary N) is 1. The lowest BCUT2D eigenvalue weighted by atomic mass is 10.1. The van der Waals surface area contributed by atoms with E-state index in [1.807, 2.05) is 0 Å². The molecule has 0 aromatic heterocycles. The summed E-state index contributed by atoms with van der Waals surface area (Å²) in [7, 11) is 0. The molecule has 3 aliphatic rings. The van der Waals surface area contributed by atoms with Gasteiger partial charge in [0.05, 0.1) is 17.7 Å². The van der Waals surface area contributed by atoms with Crippen LogP contribution in [0.15, 0.2) is 18.2 Å². The lowest BCUT2D eigenvalue weighted by Gasteiger charge is -2.35. The summed E-state index contributed by atoms with van der Waals surface area (Å²) >= 11 is 5.75. The standard InChI is InChI=1S/C17H20ClFN2O2/c18-14-5-11(3-4-15(14)19)17(22)20-12-6-13-9-23-16(10-1-2-10)8-21(13)7-12/h3-5,10,12-13,16H,1-2,6-9H2,(H,20,22)/t12-,13-,16+/m0/s1. The maximum Gasteiger partial charge on any atom is 0.251 e. The first-order valence-electron chi connectivity index (χ1n) is 8.21. The normalized spacial score (nSPS) is 31.0. The van der Waals surface area contributed by atoms with Crippen molar-refractivity contribution in [3.05, 3.63) is 34.6 Å². The summed E-state index contributed by atoms with van der Waals surface area (Å²) in [5.74, 6) is 0.0341. The zero-order chi connectivity index (χ0) is 16.0. The van der Waals surface area contributed by atoms with Gasteiger partial charge in [-0.15, -0.1) is 0 Å². The molecule has 1 saturated carbocycles. The summed E-state index contributed by atoms with van der Waals surface area (Å²) in [4.78, 5) is 14.7. The van der Waals surface area contributed by atoms with Crippen LogP contribution in [0.1, 0.15) is 29.6 Å². The molecule has 0 spiro atoms. The Balaban J connectivity index is 1.36. The van der Waals surface area contributed by atoms with Gasteiger partial charge in [0.25, 0.3) is 5.91 Å². The molecule has 6 heteroatoms. The van der Waals surface area contributed by atoms with Crippen molar-refractivity contribution in [2.75, 3.05) is 19.7 Å². The van der Waals surface area contributed by atoms with Crippen molar-refractivity contribution >= 4 is 17.5 Å². The van der Waals surface area contributed by atoms with Gasteiger partial charge in [0.15, 0.2) is 0 Å². The summed E-state index contributed by atoms with van der Waals surface area (Å²) < 4.78 is 19.2. The van der Waals surface area contributed by atoms with Crippen LogP contribution in [0, 0.1) is 11.7 Å². The average molecular weight is 339 g/mol. The van der Waals surface area contributed by atoms with E-state index in [1.54, 1.807) is 0 Å². The van der Waals surface area contributed by atoms with Crippen LogP contribution >= 0.6 is 11.6 Å². The van der Waals surface area contributed by atoms with Crippen LogP contribution in [-0.2, 0) is 4.74 Å². The van der Waals surface area contributed by atoms with E-state index in [1.165, 1.54) is 31.0 Å². The van der Waals surface area contributed by atoms with Gasteiger partial charge in [-0.05, 0) is 43.4 Å². The number of nitrogens with zero attached hydrogens (tertiary/aromatic N) is 1. The molecular weight excluding hydrogens is 319 g/mol. The van der Waals surface area contributed by atoms with Gasteiger partial charge in [-0.2, -0.15) is 0 Å². The highest BCUT2D eigenvalue weighted by Crippen LogP contribution is 2.37.